The fraction of sp³-hybridized carbons (Fsp3) is 0.429. The summed E-state index contributed by atoms with van der Waals surface area (Å²) in [6.45, 7) is 6.29. The second-order valence-electron chi connectivity index (χ2n) is 4.43. The number of halogens is 1. The third kappa shape index (κ3) is 5.07. The molecule has 0 unspecified atom stereocenters. The number of nitrogens with two attached hydrogens (primary N) is 1. The molecule has 1 aromatic rings. The molecule has 0 saturated heterocycles. The van der Waals surface area contributed by atoms with Gasteiger partial charge in [0.15, 0.2) is 0 Å². The van der Waals surface area contributed by atoms with Crippen molar-refractivity contribution in [3.05, 3.63) is 34.3 Å². The van der Waals surface area contributed by atoms with Crippen molar-refractivity contribution < 1.29 is 4.79 Å². The molecule has 0 bridgehead atoms. The van der Waals surface area contributed by atoms with E-state index >= 15 is 0 Å². The van der Waals surface area contributed by atoms with Crippen molar-refractivity contribution in [2.75, 3.05) is 19.6 Å². The number of nitrogens with one attached hydrogen (secondary N) is 1. The number of nitrogens with zero attached hydrogens (tertiary/aromatic N) is 1. The molecule has 0 heterocycles. The Morgan fingerprint density at radius 2 is 2.15 bits per heavy atom. The topological polar surface area (TPSA) is 58.4 Å². The van der Waals surface area contributed by atoms with Crippen molar-refractivity contribution in [1.29, 1.82) is 0 Å². The van der Waals surface area contributed by atoms with E-state index in [0.717, 1.165) is 17.7 Å². The molecule has 0 fully saturated rings. The molecule has 0 aliphatic carbocycles. The molecule has 0 radical (unpaired) electrons. The van der Waals surface area contributed by atoms with E-state index in [2.05, 4.69) is 5.32 Å². The Bertz CT molecular complexity index is 493. The van der Waals surface area contributed by atoms with Gasteiger partial charge in [-0.2, -0.15) is 0 Å². The first-order valence-electron chi connectivity index (χ1n) is 6.55. The molecule has 0 aliphatic heterocycles. The summed E-state index contributed by atoms with van der Waals surface area (Å²) in [6, 6.07) is 5.51. The molecule has 0 atom stereocenters. The molecule has 0 saturated carbocycles. The van der Waals surface area contributed by atoms with Crippen LogP contribution in [0.3, 0.4) is 0 Å². The van der Waals surface area contributed by atoms with Crippen molar-refractivity contribution in [2.24, 2.45) is 5.73 Å². The Balaban J connectivity index is 2.75. The van der Waals surface area contributed by atoms with E-state index in [4.69, 9.17) is 29.6 Å². The van der Waals surface area contributed by atoms with Crippen molar-refractivity contribution in [1.82, 2.24) is 10.2 Å². The first kappa shape index (κ1) is 16.9. The van der Waals surface area contributed by atoms with Gasteiger partial charge >= 0.3 is 0 Å². The van der Waals surface area contributed by atoms with Gasteiger partial charge in [-0.05, 0) is 25.1 Å². The standard InChI is InChI=1S/C14H20ClN3OS/c1-3-17-13(19)9-18(4-2)8-11-6-5-10(14(16)20)7-12(11)15/h5-7H,3-4,8-9H2,1-2H3,(H2,16,20)(H,17,19). The molecule has 1 amide bonds. The summed E-state index contributed by atoms with van der Waals surface area (Å²) in [4.78, 5) is 14.0. The number of benzene rings is 1. The number of hydrogen-bond acceptors (Lipinski definition) is 3. The van der Waals surface area contributed by atoms with Crippen LogP contribution < -0.4 is 11.1 Å². The summed E-state index contributed by atoms with van der Waals surface area (Å²) in [5, 5.41) is 3.40. The first-order valence-corrected chi connectivity index (χ1v) is 7.33. The van der Waals surface area contributed by atoms with Crippen LogP contribution in [0.4, 0.5) is 0 Å². The summed E-state index contributed by atoms with van der Waals surface area (Å²) in [5.74, 6) is 0.0187. The predicted molar refractivity (Wildman–Crippen MR) is 87.0 cm³/mol. The van der Waals surface area contributed by atoms with Crippen LogP contribution >= 0.6 is 23.8 Å². The van der Waals surface area contributed by atoms with Crippen LogP contribution in [0.2, 0.25) is 5.02 Å². The number of likely N-dealkylation sites (N-methyl/N-ethyl adjacent to an activating group) is 2. The Morgan fingerprint density at radius 1 is 1.45 bits per heavy atom. The minimum atomic E-state index is 0.0187. The highest BCUT2D eigenvalue weighted by Crippen LogP contribution is 2.19. The number of carbonyl (C=O) groups is 1. The lowest BCUT2D eigenvalue weighted by Crippen LogP contribution is -2.36. The van der Waals surface area contributed by atoms with Crippen LogP contribution in [0.1, 0.15) is 25.0 Å². The monoisotopic (exact) mass is 313 g/mol. The van der Waals surface area contributed by atoms with Crippen molar-refractivity contribution in [3.63, 3.8) is 0 Å². The SMILES string of the molecule is CCNC(=O)CN(CC)Cc1ccc(C(N)=S)cc1Cl. The molecule has 20 heavy (non-hydrogen) atoms. The highest BCUT2D eigenvalue weighted by Gasteiger charge is 2.11. The summed E-state index contributed by atoms with van der Waals surface area (Å²) in [6.07, 6.45) is 0. The summed E-state index contributed by atoms with van der Waals surface area (Å²) in [7, 11) is 0. The lowest BCUT2D eigenvalue weighted by atomic mass is 10.1. The van der Waals surface area contributed by atoms with E-state index in [9.17, 15) is 4.79 Å². The second-order valence-corrected chi connectivity index (χ2v) is 5.27. The van der Waals surface area contributed by atoms with Gasteiger partial charge in [-0.1, -0.05) is 42.9 Å². The molecule has 4 nitrogen and oxygen atoms in total. The van der Waals surface area contributed by atoms with Crippen molar-refractivity contribution in [2.45, 2.75) is 20.4 Å². The van der Waals surface area contributed by atoms with Crippen LogP contribution in [0.25, 0.3) is 0 Å². The lowest BCUT2D eigenvalue weighted by molar-refractivity contribution is -0.122. The van der Waals surface area contributed by atoms with Crippen molar-refractivity contribution >= 4 is 34.7 Å². The van der Waals surface area contributed by atoms with E-state index in [1.165, 1.54) is 0 Å². The quantitative estimate of drug-likeness (QED) is 0.755. The van der Waals surface area contributed by atoms with Crippen LogP contribution in [0.15, 0.2) is 18.2 Å². The average Bonchev–Trinajstić information content (AvgIpc) is 2.40. The smallest absolute Gasteiger partial charge is 0.234 e. The molecule has 1 rings (SSSR count). The molecular formula is C14H20ClN3OS. The van der Waals surface area contributed by atoms with E-state index in [-0.39, 0.29) is 5.91 Å². The molecule has 0 spiro atoms. The van der Waals surface area contributed by atoms with E-state index in [1.807, 2.05) is 30.9 Å². The summed E-state index contributed by atoms with van der Waals surface area (Å²) >= 11 is 11.1. The average molecular weight is 314 g/mol. The zero-order chi connectivity index (χ0) is 15.1. The fourth-order valence-electron chi connectivity index (χ4n) is 1.81. The van der Waals surface area contributed by atoms with Gasteiger partial charge in [-0.25, -0.2) is 0 Å². The van der Waals surface area contributed by atoms with E-state index in [1.54, 1.807) is 6.07 Å². The van der Waals surface area contributed by atoms with Gasteiger partial charge in [0.2, 0.25) is 5.91 Å². The Labute approximate surface area is 130 Å². The zero-order valence-corrected chi connectivity index (χ0v) is 13.4. The molecule has 3 N–H and O–H groups in total. The van der Waals surface area contributed by atoms with Crippen LogP contribution in [-0.4, -0.2) is 35.4 Å². The first-order chi connectivity index (χ1) is 9.47. The maximum atomic E-state index is 11.6. The molecule has 1 aromatic carbocycles. The summed E-state index contributed by atoms with van der Waals surface area (Å²) in [5.41, 5.74) is 7.28. The lowest BCUT2D eigenvalue weighted by Gasteiger charge is -2.20. The number of thiocarbonyl (C=S) groups is 1. The Hall–Kier alpha value is -1.17. The zero-order valence-electron chi connectivity index (χ0n) is 11.8. The van der Waals surface area contributed by atoms with Crippen LogP contribution in [0, 0.1) is 0 Å². The van der Waals surface area contributed by atoms with Gasteiger partial charge in [0, 0.05) is 23.7 Å². The maximum Gasteiger partial charge on any atom is 0.234 e. The van der Waals surface area contributed by atoms with Gasteiger partial charge in [0.1, 0.15) is 4.99 Å². The third-order valence-corrected chi connectivity index (χ3v) is 3.51. The Kier molecular flexibility index (Phi) is 6.91. The molecule has 110 valence electrons. The van der Waals surface area contributed by atoms with Crippen LogP contribution in [-0.2, 0) is 11.3 Å². The maximum absolute atomic E-state index is 11.6. The number of hydrogen-bond donors (Lipinski definition) is 2. The van der Waals surface area contributed by atoms with Gasteiger partial charge < -0.3 is 11.1 Å². The van der Waals surface area contributed by atoms with Crippen molar-refractivity contribution in [3.8, 4) is 0 Å². The number of amides is 1. The minimum Gasteiger partial charge on any atom is -0.389 e. The van der Waals surface area contributed by atoms with Gasteiger partial charge in [0.05, 0.1) is 6.54 Å². The summed E-state index contributed by atoms with van der Waals surface area (Å²) < 4.78 is 0. The number of rotatable bonds is 7. The van der Waals surface area contributed by atoms with Gasteiger partial charge in [-0.3, -0.25) is 9.69 Å². The predicted octanol–water partition coefficient (Wildman–Crippen LogP) is 1.93. The second kappa shape index (κ2) is 8.19. The van der Waals surface area contributed by atoms with E-state index < -0.39 is 0 Å². The highest BCUT2D eigenvalue weighted by atomic mass is 35.5. The van der Waals surface area contributed by atoms with Gasteiger partial charge in [-0.15, -0.1) is 0 Å². The van der Waals surface area contributed by atoms with Gasteiger partial charge in [0.25, 0.3) is 0 Å². The minimum absolute atomic E-state index is 0.0187. The molecule has 6 heteroatoms. The Morgan fingerprint density at radius 3 is 2.65 bits per heavy atom. The van der Waals surface area contributed by atoms with Crippen LogP contribution in [0.5, 0.6) is 0 Å². The molecular weight excluding hydrogens is 294 g/mol. The third-order valence-electron chi connectivity index (χ3n) is 2.92. The normalized spacial score (nSPS) is 10.6. The highest BCUT2D eigenvalue weighted by molar-refractivity contribution is 7.80. The largest absolute Gasteiger partial charge is 0.389 e. The molecule has 0 aliphatic rings. The van der Waals surface area contributed by atoms with E-state index in [0.29, 0.717) is 29.6 Å². The molecule has 0 aromatic heterocycles. The number of carbonyl (C=O) groups excluding carboxylic acids is 1. The fourth-order valence-corrected chi connectivity index (χ4v) is 2.17.